The quantitative estimate of drug-likeness (QED) is 0.682. The predicted octanol–water partition coefficient (Wildman–Crippen LogP) is -0.322. The first kappa shape index (κ1) is 10.4. The fourth-order valence-corrected chi connectivity index (χ4v) is 4.03. The van der Waals surface area contributed by atoms with Crippen LogP contribution < -0.4 is 5.32 Å². The second-order valence-electron chi connectivity index (χ2n) is 4.55. The number of aliphatic hydroxyl groups excluding tert-OH is 1. The smallest absolute Gasteiger partial charge is 0.152 e. The summed E-state index contributed by atoms with van der Waals surface area (Å²) in [6, 6.07) is 0.440. The van der Waals surface area contributed by atoms with Gasteiger partial charge in [-0.3, -0.25) is 0 Å². The van der Waals surface area contributed by atoms with E-state index < -0.39 is 15.4 Å². The Hall–Kier alpha value is -0.130. The van der Waals surface area contributed by atoms with Gasteiger partial charge in [-0.2, -0.15) is 0 Å². The summed E-state index contributed by atoms with van der Waals surface area (Å²) >= 11 is 0. The van der Waals surface area contributed by atoms with Crippen LogP contribution in [0.5, 0.6) is 0 Å². The number of rotatable bonds is 3. The van der Waals surface area contributed by atoms with Gasteiger partial charge in [0.05, 0.1) is 23.7 Å². The van der Waals surface area contributed by atoms with Gasteiger partial charge in [0.15, 0.2) is 9.84 Å². The summed E-state index contributed by atoms with van der Waals surface area (Å²) in [5, 5.41) is 12.6. The van der Waals surface area contributed by atoms with Crippen molar-refractivity contribution in [2.24, 2.45) is 0 Å². The van der Waals surface area contributed by atoms with Gasteiger partial charge in [0.2, 0.25) is 0 Å². The third kappa shape index (κ3) is 2.27. The van der Waals surface area contributed by atoms with Crippen molar-refractivity contribution in [2.75, 3.05) is 18.1 Å². The third-order valence-corrected chi connectivity index (χ3v) is 4.90. The average molecular weight is 219 g/mol. The Kier molecular flexibility index (Phi) is 2.57. The van der Waals surface area contributed by atoms with Crippen LogP contribution in [-0.4, -0.2) is 43.2 Å². The molecule has 0 radical (unpaired) electrons. The van der Waals surface area contributed by atoms with Crippen LogP contribution in [0.3, 0.4) is 0 Å². The molecule has 2 aliphatic rings. The maximum absolute atomic E-state index is 11.5. The van der Waals surface area contributed by atoms with Crippen LogP contribution in [0.1, 0.15) is 25.7 Å². The maximum atomic E-state index is 11.5. The van der Waals surface area contributed by atoms with Crippen molar-refractivity contribution in [3.8, 4) is 0 Å². The van der Waals surface area contributed by atoms with Crippen molar-refractivity contribution in [3.63, 3.8) is 0 Å². The summed E-state index contributed by atoms with van der Waals surface area (Å²) < 4.78 is 23.0. The molecule has 0 aromatic heterocycles. The lowest BCUT2D eigenvalue weighted by Crippen LogP contribution is -2.57. The van der Waals surface area contributed by atoms with Gasteiger partial charge in [-0.05, 0) is 25.7 Å². The lowest BCUT2D eigenvalue weighted by Gasteiger charge is -2.36. The molecule has 0 bridgehead atoms. The Balaban J connectivity index is 2.09. The zero-order valence-electron chi connectivity index (χ0n) is 8.20. The Morgan fingerprint density at radius 3 is 2.64 bits per heavy atom. The highest BCUT2D eigenvalue weighted by atomic mass is 32.2. The van der Waals surface area contributed by atoms with Crippen molar-refractivity contribution in [2.45, 2.75) is 37.3 Å². The molecule has 5 heteroatoms. The highest BCUT2D eigenvalue weighted by molar-refractivity contribution is 7.91. The average Bonchev–Trinajstić information content (AvgIpc) is 2.86. The first-order valence-electron chi connectivity index (χ1n) is 5.14. The van der Waals surface area contributed by atoms with Gasteiger partial charge in [0.25, 0.3) is 0 Å². The van der Waals surface area contributed by atoms with E-state index in [1.807, 2.05) is 0 Å². The number of hydrogen-bond donors (Lipinski definition) is 2. The van der Waals surface area contributed by atoms with E-state index in [0.29, 0.717) is 12.5 Å². The molecule has 0 aromatic rings. The number of nitrogens with one attached hydrogen (secondary N) is 1. The molecule has 0 spiro atoms. The maximum Gasteiger partial charge on any atom is 0.152 e. The second kappa shape index (κ2) is 3.47. The molecule has 1 saturated heterocycles. The van der Waals surface area contributed by atoms with Crippen LogP contribution in [0.25, 0.3) is 0 Å². The van der Waals surface area contributed by atoms with E-state index in [0.717, 1.165) is 19.3 Å². The monoisotopic (exact) mass is 219 g/mol. The highest BCUT2D eigenvalue weighted by Gasteiger charge is 2.41. The van der Waals surface area contributed by atoms with Gasteiger partial charge in [0.1, 0.15) is 0 Å². The molecule has 2 rings (SSSR count). The molecule has 1 aliphatic carbocycles. The SMILES string of the molecule is O=S1(=O)CCCC(CO)(NC2CC2)C1. The van der Waals surface area contributed by atoms with E-state index in [1.165, 1.54) is 0 Å². The van der Waals surface area contributed by atoms with Crippen molar-refractivity contribution >= 4 is 9.84 Å². The third-order valence-electron chi connectivity index (χ3n) is 3.00. The number of aliphatic hydroxyl groups is 1. The molecule has 1 saturated carbocycles. The minimum absolute atomic E-state index is 0.0667. The molecule has 1 unspecified atom stereocenters. The van der Waals surface area contributed by atoms with Crippen LogP contribution in [0.4, 0.5) is 0 Å². The van der Waals surface area contributed by atoms with Crippen LogP contribution in [0.15, 0.2) is 0 Å². The Morgan fingerprint density at radius 1 is 1.43 bits per heavy atom. The molecule has 1 atom stereocenters. The van der Waals surface area contributed by atoms with Gasteiger partial charge in [-0.1, -0.05) is 0 Å². The van der Waals surface area contributed by atoms with Gasteiger partial charge >= 0.3 is 0 Å². The Labute approximate surface area is 84.6 Å². The van der Waals surface area contributed by atoms with Gasteiger partial charge < -0.3 is 10.4 Å². The van der Waals surface area contributed by atoms with Crippen LogP contribution >= 0.6 is 0 Å². The molecule has 1 heterocycles. The first-order chi connectivity index (χ1) is 6.55. The van der Waals surface area contributed by atoms with Gasteiger partial charge in [-0.15, -0.1) is 0 Å². The normalized spacial score (nSPS) is 36.9. The van der Waals surface area contributed by atoms with E-state index >= 15 is 0 Å². The minimum Gasteiger partial charge on any atom is -0.394 e. The van der Waals surface area contributed by atoms with Crippen molar-refractivity contribution in [1.82, 2.24) is 5.32 Å². The molecule has 0 amide bonds. The molecule has 14 heavy (non-hydrogen) atoms. The van der Waals surface area contributed by atoms with Gasteiger partial charge in [0, 0.05) is 6.04 Å². The van der Waals surface area contributed by atoms with E-state index in [1.54, 1.807) is 0 Å². The van der Waals surface area contributed by atoms with Crippen LogP contribution in [-0.2, 0) is 9.84 Å². The van der Waals surface area contributed by atoms with E-state index in [-0.39, 0.29) is 18.1 Å². The number of sulfone groups is 1. The fourth-order valence-electron chi connectivity index (χ4n) is 2.14. The summed E-state index contributed by atoms with van der Waals surface area (Å²) in [5.41, 5.74) is -0.543. The highest BCUT2D eigenvalue weighted by Crippen LogP contribution is 2.28. The lowest BCUT2D eigenvalue weighted by molar-refractivity contribution is 0.161. The molecule has 0 aromatic carbocycles. The largest absolute Gasteiger partial charge is 0.394 e. The summed E-state index contributed by atoms with van der Waals surface area (Å²) in [6.07, 6.45) is 3.67. The molecular weight excluding hydrogens is 202 g/mol. The first-order valence-corrected chi connectivity index (χ1v) is 6.96. The van der Waals surface area contributed by atoms with Crippen molar-refractivity contribution < 1.29 is 13.5 Å². The standard InChI is InChI=1S/C9H17NO3S/c11-6-9(10-8-2-3-8)4-1-5-14(12,13)7-9/h8,10-11H,1-7H2. The molecule has 82 valence electrons. The zero-order valence-corrected chi connectivity index (χ0v) is 9.02. The van der Waals surface area contributed by atoms with Crippen LogP contribution in [0, 0.1) is 0 Å². The van der Waals surface area contributed by atoms with Crippen molar-refractivity contribution in [3.05, 3.63) is 0 Å². The molecule has 4 nitrogen and oxygen atoms in total. The van der Waals surface area contributed by atoms with Crippen molar-refractivity contribution in [1.29, 1.82) is 0 Å². The fraction of sp³-hybridized carbons (Fsp3) is 1.00. The van der Waals surface area contributed by atoms with Gasteiger partial charge in [-0.25, -0.2) is 8.42 Å². The topological polar surface area (TPSA) is 66.4 Å². The van der Waals surface area contributed by atoms with E-state index in [9.17, 15) is 13.5 Å². The summed E-state index contributed by atoms with van der Waals surface area (Å²) in [7, 11) is -2.94. The Morgan fingerprint density at radius 2 is 2.14 bits per heavy atom. The number of hydrogen-bond acceptors (Lipinski definition) is 4. The molecule has 2 fully saturated rings. The summed E-state index contributed by atoms with van der Waals surface area (Å²) in [5.74, 6) is 0.383. The summed E-state index contributed by atoms with van der Waals surface area (Å²) in [4.78, 5) is 0. The zero-order chi connectivity index (χ0) is 10.2. The predicted molar refractivity (Wildman–Crippen MR) is 53.9 cm³/mol. The Bertz CT molecular complexity index is 310. The van der Waals surface area contributed by atoms with E-state index in [2.05, 4.69) is 5.32 Å². The molecule has 1 aliphatic heterocycles. The van der Waals surface area contributed by atoms with Crippen LogP contribution in [0.2, 0.25) is 0 Å². The molecule has 2 N–H and O–H groups in total. The van der Waals surface area contributed by atoms with E-state index in [4.69, 9.17) is 0 Å². The second-order valence-corrected chi connectivity index (χ2v) is 6.74. The lowest BCUT2D eigenvalue weighted by atomic mass is 9.96. The summed E-state index contributed by atoms with van der Waals surface area (Å²) in [6.45, 7) is -0.0667. The molecular formula is C9H17NO3S. The minimum atomic E-state index is -2.94.